The Hall–Kier alpha value is -1.80. The van der Waals surface area contributed by atoms with Crippen molar-refractivity contribution in [2.75, 3.05) is 5.73 Å². The van der Waals surface area contributed by atoms with Crippen LogP contribution in [0, 0.1) is 0 Å². The van der Waals surface area contributed by atoms with Gasteiger partial charge in [0.15, 0.2) is 0 Å². The fourth-order valence-corrected chi connectivity index (χ4v) is 2.12. The molecule has 0 saturated carbocycles. The number of aromatic nitrogens is 1. The van der Waals surface area contributed by atoms with Crippen LogP contribution in [-0.4, -0.2) is 4.98 Å². The number of benzene rings is 2. The van der Waals surface area contributed by atoms with Crippen molar-refractivity contribution in [1.82, 2.24) is 4.98 Å². The van der Waals surface area contributed by atoms with Crippen molar-refractivity contribution in [2.24, 2.45) is 0 Å². The molecule has 2 N–H and O–H groups in total. The number of nitrogens with zero attached hydrogens (tertiary/aromatic N) is 1. The van der Waals surface area contributed by atoms with Crippen LogP contribution in [-0.2, 0) is 0 Å². The Kier molecular flexibility index (Phi) is 1.98. The zero-order valence-electron chi connectivity index (χ0n) is 8.44. The second-order valence-corrected chi connectivity index (χ2v) is 4.14. The summed E-state index contributed by atoms with van der Waals surface area (Å²) in [5.74, 6) is 0.547. The van der Waals surface area contributed by atoms with Crippen LogP contribution in [0.2, 0.25) is 5.02 Å². The molecule has 0 aliphatic rings. The molecule has 1 heterocycles. The van der Waals surface area contributed by atoms with Gasteiger partial charge in [0.2, 0.25) is 0 Å². The minimum atomic E-state index is 0.547. The van der Waals surface area contributed by atoms with Crippen molar-refractivity contribution in [2.45, 2.75) is 0 Å². The number of fused-ring (bicyclic) bond motifs is 3. The molecule has 1 aromatic heterocycles. The van der Waals surface area contributed by atoms with Crippen molar-refractivity contribution in [3.8, 4) is 0 Å². The summed E-state index contributed by atoms with van der Waals surface area (Å²) in [6, 6.07) is 13.6. The van der Waals surface area contributed by atoms with E-state index in [4.69, 9.17) is 17.3 Å². The summed E-state index contributed by atoms with van der Waals surface area (Å²) in [4.78, 5) is 4.37. The average molecular weight is 229 g/mol. The highest BCUT2D eigenvalue weighted by molar-refractivity contribution is 6.32. The number of hydrogen-bond acceptors (Lipinski definition) is 2. The Morgan fingerprint density at radius 2 is 1.75 bits per heavy atom. The van der Waals surface area contributed by atoms with E-state index < -0.39 is 0 Å². The standard InChI is InChI=1S/C13H9ClN2/c14-8-5-6-10-11(7-8)9-3-1-2-4-12(9)16-13(10)15/h1-7H,(H2,15,16). The van der Waals surface area contributed by atoms with E-state index in [0.29, 0.717) is 10.8 Å². The monoisotopic (exact) mass is 228 g/mol. The van der Waals surface area contributed by atoms with Crippen LogP contribution in [0.3, 0.4) is 0 Å². The van der Waals surface area contributed by atoms with E-state index in [1.165, 1.54) is 0 Å². The van der Waals surface area contributed by atoms with Crippen LogP contribution in [0.15, 0.2) is 42.5 Å². The maximum Gasteiger partial charge on any atom is 0.131 e. The molecule has 0 aliphatic heterocycles. The van der Waals surface area contributed by atoms with E-state index in [1.54, 1.807) is 0 Å². The lowest BCUT2D eigenvalue weighted by molar-refractivity contribution is 1.44. The lowest BCUT2D eigenvalue weighted by Crippen LogP contribution is -1.93. The van der Waals surface area contributed by atoms with E-state index in [-0.39, 0.29) is 0 Å². The molecule has 2 nitrogen and oxygen atoms in total. The van der Waals surface area contributed by atoms with Crippen LogP contribution >= 0.6 is 11.6 Å². The summed E-state index contributed by atoms with van der Waals surface area (Å²) < 4.78 is 0. The van der Waals surface area contributed by atoms with E-state index in [9.17, 15) is 0 Å². The summed E-state index contributed by atoms with van der Waals surface area (Å²) in [5, 5.41) is 3.79. The summed E-state index contributed by atoms with van der Waals surface area (Å²) in [6.07, 6.45) is 0. The molecular formula is C13H9ClN2. The third-order valence-corrected chi connectivity index (χ3v) is 2.93. The number of nitrogen functional groups attached to an aromatic ring is 1. The van der Waals surface area contributed by atoms with Crippen LogP contribution in [0.25, 0.3) is 21.7 Å². The van der Waals surface area contributed by atoms with Gasteiger partial charge in [0.1, 0.15) is 5.82 Å². The molecule has 0 amide bonds. The van der Waals surface area contributed by atoms with Crippen molar-refractivity contribution >= 4 is 39.1 Å². The van der Waals surface area contributed by atoms with Crippen molar-refractivity contribution < 1.29 is 0 Å². The highest BCUT2D eigenvalue weighted by Gasteiger charge is 2.05. The van der Waals surface area contributed by atoms with Gasteiger partial charge in [-0.1, -0.05) is 29.8 Å². The van der Waals surface area contributed by atoms with Crippen molar-refractivity contribution in [3.05, 3.63) is 47.5 Å². The Morgan fingerprint density at radius 1 is 0.938 bits per heavy atom. The first-order valence-electron chi connectivity index (χ1n) is 4.99. The molecule has 0 bridgehead atoms. The normalized spacial score (nSPS) is 11.1. The largest absolute Gasteiger partial charge is 0.383 e. The smallest absolute Gasteiger partial charge is 0.131 e. The second kappa shape index (κ2) is 3.35. The van der Waals surface area contributed by atoms with Gasteiger partial charge in [0.25, 0.3) is 0 Å². The zero-order chi connectivity index (χ0) is 11.1. The minimum absolute atomic E-state index is 0.547. The second-order valence-electron chi connectivity index (χ2n) is 3.70. The molecule has 2 aromatic carbocycles. The first kappa shape index (κ1) is 9.43. The van der Waals surface area contributed by atoms with Crippen LogP contribution in [0.5, 0.6) is 0 Å². The SMILES string of the molecule is Nc1nc2ccccc2c2cc(Cl)ccc12. The van der Waals surface area contributed by atoms with Crippen molar-refractivity contribution in [1.29, 1.82) is 0 Å². The molecule has 3 rings (SSSR count). The highest BCUT2D eigenvalue weighted by atomic mass is 35.5. The number of hydrogen-bond donors (Lipinski definition) is 1. The molecule has 0 unspecified atom stereocenters. The van der Waals surface area contributed by atoms with Gasteiger partial charge in [-0.2, -0.15) is 0 Å². The number of anilines is 1. The topological polar surface area (TPSA) is 38.9 Å². The Morgan fingerprint density at radius 3 is 2.62 bits per heavy atom. The average Bonchev–Trinajstić information content (AvgIpc) is 2.29. The fourth-order valence-electron chi connectivity index (χ4n) is 1.95. The summed E-state index contributed by atoms with van der Waals surface area (Å²) >= 11 is 6.01. The molecule has 0 fully saturated rings. The molecular weight excluding hydrogens is 220 g/mol. The zero-order valence-corrected chi connectivity index (χ0v) is 9.20. The van der Waals surface area contributed by atoms with Gasteiger partial charge in [-0.25, -0.2) is 4.98 Å². The number of pyridine rings is 1. The molecule has 78 valence electrons. The lowest BCUT2D eigenvalue weighted by atomic mass is 10.1. The summed E-state index contributed by atoms with van der Waals surface area (Å²) in [7, 11) is 0. The lowest BCUT2D eigenvalue weighted by Gasteiger charge is -2.06. The Labute approximate surface area is 97.7 Å². The first-order valence-corrected chi connectivity index (χ1v) is 5.37. The molecule has 3 heteroatoms. The number of para-hydroxylation sites is 1. The maximum absolute atomic E-state index is 6.01. The van der Waals surface area contributed by atoms with E-state index in [1.807, 2.05) is 42.5 Å². The summed E-state index contributed by atoms with van der Waals surface area (Å²) in [5.41, 5.74) is 6.82. The third-order valence-electron chi connectivity index (χ3n) is 2.69. The molecule has 0 radical (unpaired) electrons. The van der Waals surface area contributed by atoms with Crippen molar-refractivity contribution in [3.63, 3.8) is 0 Å². The van der Waals surface area contributed by atoms with Gasteiger partial charge in [-0.3, -0.25) is 0 Å². The van der Waals surface area contributed by atoms with Crippen LogP contribution in [0.4, 0.5) is 5.82 Å². The number of rotatable bonds is 0. The quantitative estimate of drug-likeness (QED) is 0.597. The van der Waals surface area contributed by atoms with Gasteiger partial charge < -0.3 is 5.73 Å². The van der Waals surface area contributed by atoms with Gasteiger partial charge >= 0.3 is 0 Å². The molecule has 0 saturated heterocycles. The van der Waals surface area contributed by atoms with E-state index in [2.05, 4.69) is 4.98 Å². The van der Waals surface area contributed by atoms with Gasteiger partial charge in [-0.15, -0.1) is 0 Å². The Balaban J connectivity index is 2.61. The third kappa shape index (κ3) is 1.31. The van der Waals surface area contributed by atoms with Crippen LogP contribution in [0.1, 0.15) is 0 Å². The van der Waals surface area contributed by atoms with E-state index >= 15 is 0 Å². The van der Waals surface area contributed by atoms with Gasteiger partial charge in [-0.05, 0) is 29.7 Å². The first-order chi connectivity index (χ1) is 7.75. The molecule has 0 spiro atoms. The molecule has 16 heavy (non-hydrogen) atoms. The molecule has 3 aromatic rings. The molecule has 0 aliphatic carbocycles. The maximum atomic E-state index is 6.01. The predicted molar refractivity (Wildman–Crippen MR) is 68.7 cm³/mol. The number of halogens is 1. The highest BCUT2D eigenvalue weighted by Crippen LogP contribution is 2.29. The van der Waals surface area contributed by atoms with Gasteiger partial charge in [0, 0.05) is 15.8 Å². The predicted octanol–water partition coefficient (Wildman–Crippen LogP) is 3.62. The summed E-state index contributed by atoms with van der Waals surface area (Å²) in [6.45, 7) is 0. The minimum Gasteiger partial charge on any atom is -0.383 e. The van der Waals surface area contributed by atoms with Gasteiger partial charge in [0.05, 0.1) is 5.52 Å². The van der Waals surface area contributed by atoms with E-state index in [0.717, 1.165) is 21.7 Å². The van der Waals surface area contributed by atoms with Crippen LogP contribution < -0.4 is 5.73 Å². The fraction of sp³-hybridized carbons (Fsp3) is 0. The number of nitrogens with two attached hydrogens (primary N) is 1. The molecule has 0 atom stereocenters. The Bertz CT molecular complexity index is 692.